The van der Waals surface area contributed by atoms with Crippen LogP contribution in [-0.4, -0.2) is 22.4 Å². The van der Waals surface area contributed by atoms with Crippen molar-refractivity contribution in [3.05, 3.63) is 64.7 Å². The van der Waals surface area contributed by atoms with Crippen LogP contribution in [0.15, 0.2) is 42.5 Å². The van der Waals surface area contributed by atoms with Crippen LogP contribution in [0.1, 0.15) is 100 Å². The fourth-order valence-electron chi connectivity index (χ4n) is 4.55. The second-order valence-electron chi connectivity index (χ2n) is 12.1. The molecule has 2 aromatic rings. The first-order valence-electron chi connectivity index (χ1n) is 12.1. The number of nitrogens with one attached hydrogen (secondary N) is 1. The van der Waals surface area contributed by atoms with Gasteiger partial charge in [-0.2, -0.15) is 0 Å². The van der Waals surface area contributed by atoms with Gasteiger partial charge in [-0.1, -0.05) is 72.2 Å². The predicted octanol–water partition coefficient (Wildman–Crippen LogP) is 6.12. The van der Waals surface area contributed by atoms with Gasteiger partial charge in [-0.15, -0.1) is 0 Å². The number of carbonyl (C=O) groups is 2. The molecule has 2 aliphatic carbocycles. The lowest BCUT2D eigenvalue weighted by atomic mass is 9.83. The number of hydrogen-bond acceptors (Lipinski definition) is 3. The summed E-state index contributed by atoms with van der Waals surface area (Å²) in [5, 5.41) is 14.4. The Hall–Kier alpha value is -2.46. The first-order chi connectivity index (χ1) is 15.3. The van der Waals surface area contributed by atoms with E-state index in [4.69, 9.17) is 0 Å². The number of anilines is 1. The summed E-state index contributed by atoms with van der Waals surface area (Å²) < 4.78 is 0. The standard InChI is InChI=1S/C29H37NO3/c1-27(2,3)21-12-8-11-19(13-21)25(31)29(33)17-24(29)20-14-22(28(4,5)6)16-23(15-20)30-26(32)18-9-7-10-18/h8,11-16,18,24,33H,7,9-10,17H2,1-6H3,(H,30,32). The van der Waals surface area contributed by atoms with Crippen molar-refractivity contribution >= 4 is 17.4 Å². The van der Waals surface area contributed by atoms with E-state index >= 15 is 0 Å². The Morgan fingerprint density at radius 3 is 2.18 bits per heavy atom. The van der Waals surface area contributed by atoms with Crippen LogP contribution in [0.4, 0.5) is 5.69 Å². The Bertz CT molecular complexity index is 1080. The molecular weight excluding hydrogens is 410 g/mol. The number of Topliss-reactive ketones (excluding diaryl/α,β-unsaturated/α-hetero) is 1. The van der Waals surface area contributed by atoms with Gasteiger partial charge in [0.25, 0.3) is 0 Å². The highest BCUT2D eigenvalue weighted by Gasteiger charge is 2.59. The summed E-state index contributed by atoms with van der Waals surface area (Å²) in [4.78, 5) is 25.9. The molecule has 2 fully saturated rings. The van der Waals surface area contributed by atoms with Crippen LogP contribution in [0.2, 0.25) is 0 Å². The molecule has 4 heteroatoms. The van der Waals surface area contributed by atoms with E-state index in [2.05, 4.69) is 52.9 Å². The van der Waals surface area contributed by atoms with Gasteiger partial charge in [-0.05, 0) is 65.0 Å². The number of rotatable bonds is 5. The molecule has 2 saturated carbocycles. The molecule has 0 aromatic heterocycles. The molecule has 4 rings (SSSR count). The second kappa shape index (κ2) is 8.09. The Balaban J connectivity index is 1.62. The molecule has 2 unspecified atom stereocenters. The third kappa shape index (κ3) is 4.77. The van der Waals surface area contributed by atoms with Crippen LogP contribution in [0, 0.1) is 5.92 Å². The van der Waals surface area contributed by atoms with Crippen LogP contribution in [-0.2, 0) is 15.6 Å². The fraction of sp³-hybridized carbons (Fsp3) is 0.517. The van der Waals surface area contributed by atoms with Crippen molar-refractivity contribution in [3.8, 4) is 0 Å². The van der Waals surface area contributed by atoms with Gasteiger partial charge < -0.3 is 10.4 Å². The topological polar surface area (TPSA) is 66.4 Å². The van der Waals surface area contributed by atoms with Crippen LogP contribution < -0.4 is 5.32 Å². The third-order valence-electron chi connectivity index (χ3n) is 7.28. The molecule has 1 amide bonds. The van der Waals surface area contributed by atoms with Crippen LogP contribution in [0.3, 0.4) is 0 Å². The number of amides is 1. The Labute approximate surface area is 197 Å². The van der Waals surface area contributed by atoms with Gasteiger partial charge in [0, 0.05) is 23.1 Å². The van der Waals surface area contributed by atoms with E-state index in [0.29, 0.717) is 12.0 Å². The minimum absolute atomic E-state index is 0.0689. The van der Waals surface area contributed by atoms with Crippen molar-refractivity contribution in [3.63, 3.8) is 0 Å². The molecule has 0 radical (unpaired) electrons. The smallest absolute Gasteiger partial charge is 0.227 e. The molecule has 0 aliphatic heterocycles. The van der Waals surface area contributed by atoms with Gasteiger partial charge in [0.15, 0.2) is 5.78 Å². The molecule has 33 heavy (non-hydrogen) atoms. The molecule has 0 saturated heterocycles. The number of benzene rings is 2. The Morgan fingerprint density at radius 1 is 0.939 bits per heavy atom. The first kappa shape index (κ1) is 23.7. The lowest BCUT2D eigenvalue weighted by Gasteiger charge is -2.26. The molecule has 2 atom stereocenters. The minimum Gasteiger partial charge on any atom is -0.381 e. The summed E-state index contributed by atoms with van der Waals surface area (Å²) in [5.41, 5.74) is 2.78. The molecule has 2 aliphatic rings. The molecule has 0 spiro atoms. The second-order valence-corrected chi connectivity index (χ2v) is 12.1. The van der Waals surface area contributed by atoms with Crippen molar-refractivity contribution in [2.24, 2.45) is 5.92 Å². The van der Waals surface area contributed by atoms with E-state index in [-0.39, 0.29) is 34.4 Å². The van der Waals surface area contributed by atoms with Crippen LogP contribution >= 0.6 is 0 Å². The average Bonchev–Trinajstić information content (AvgIpc) is 3.37. The van der Waals surface area contributed by atoms with Gasteiger partial charge in [0.1, 0.15) is 5.60 Å². The van der Waals surface area contributed by atoms with Crippen LogP contribution in [0.25, 0.3) is 0 Å². The molecule has 2 aromatic carbocycles. The number of carbonyl (C=O) groups excluding carboxylic acids is 2. The zero-order valence-corrected chi connectivity index (χ0v) is 20.8. The van der Waals surface area contributed by atoms with Crippen LogP contribution in [0.5, 0.6) is 0 Å². The number of ketones is 1. The lowest BCUT2D eigenvalue weighted by molar-refractivity contribution is -0.122. The van der Waals surface area contributed by atoms with E-state index in [1.807, 2.05) is 30.3 Å². The third-order valence-corrected chi connectivity index (χ3v) is 7.28. The highest BCUT2D eigenvalue weighted by Crippen LogP contribution is 2.54. The fourth-order valence-corrected chi connectivity index (χ4v) is 4.55. The van der Waals surface area contributed by atoms with E-state index in [0.717, 1.165) is 41.6 Å². The number of hydrogen-bond donors (Lipinski definition) is 2. The molecule has 0 bridgehead atoms. The van der Waals surface area contributed by atoms with E-state index in [1.165, 1.54) is 0 Å². The summed E-state index contributed by atoms with van der Waals surface area (Å²) in [6.07, 6.45) is 3.40. The zero-order chi connectivity index (χ0) is 24.2. The first-order valence-corrected chi connectivity index (χ1v) is 12.1. The summed E-state index contributed by atoms with van der Waals surface area (Å²) in [6, 6.07) is 13.7. The molecule has 176 valence electrons. The maximum absolute atomic E-state index is 13.4. The van der Waals surface area contributed by atoms with Crippen molar-refractivity contribution in [2.75, 3.05) is 5.32 Å². The summed E-state index contributed by atoms with van der Waals surface area (Å²) in [7, 11) is 0. The largest absolute Gasteiger partial charge is 0.381 e. The van der Waals surface area contributed by atoms with Gasteiger partial charge in [-0.25, -0.2) is 0 Å². The van der Waals surface area contributed by atoms with Gasteiger partial charge in [-0.3, -0.25) is 9.59 Å². The summed E-state index contributed by atoms with van der Waals surface area (Å²) >= 11 is 0. The van der Waals surface area contributed by atoms with Crippen molar-refractivity contribution in [2.45, 2.75) is 89.6 Å². The average molecular weight is 448 g/mol. The van der Waals surface area contributed by atoms with E-state index < -0.39 is 5.60 Å². The highest BCUT2D eigenvalue weighted by atomic mass is 16.3. The van der Waals surface area contributed by atoms with Gasteiger partial charge >= 0.3 is 0 Å². The normalized spacial score (nSPS) is 23.1. The lowest BCUT2D eigenvalue weighted by Crippen LogP contribution is -2.28. The SMILES string of the molecule is CC(C)(C)c1cccc(C(=O)C2(O)CC2c2cc(NC(=O)C3CCC3)cc(C(C)(C)C)c2)c1. The van der Waals surface area contributed by atoms with Crippen molar-refractivity contribution < 1.29 is 14.7 Å². The summed E-state index contributed by atoms with van der Waals surface area (Å²) in [6.45, 7) is 12.7. The van der Waals surface area contributed by atoms with Crippen molar-refractivity contribution in [1.29, 1.82) is 0 Å². The Kier molecular flexibility index (Phi) is 5.81. The van der Waals surface area contributed by atoms with E-state index in [1.54, 1.807) is 6.07 Å². The van der Waals surface area contributed by atoms with E-state index in [9.17, 15) is 14.7 Å². The molecular formula is C29H37NO3. The van der Waals surface area contributed by atoms with Crippen molar-refractivity contribution in [1.82, 2.24) is 0 Å². The quantitative estimate of drug-likeness (QED) is 0.543. The summed E-state index contributed by atoms with van der Waals surface area (Å²) in [5.74, 6) is -0.328. The molecule has 2 N–H and O–H groups in total. The predicted molar refractivity (Wildman–Crippen MR) is 133 cm³/mol. The maximum atomic E-state index is 13.4. The molecule has 0 heterocycles. The highest BCUT2D eigenvalue weighted by molar-refractivity contribution is 6.05. The van der Waals surface area contributed by atoms with Gasteiger partial charge in [0.05, 0.1) is 0 Å². The number of aliphatic hydroxyl groups is 1. The zero-order valence-electron chi connectivity index (χ0n) is 20.8. The monoisotopic (exact) mass is 447 g/mol. The molecule has 4 nitrogen and oxygen atoms in total. The van der Waals surface area contributed by atoms with Gasteiger partial charge in [0.2, 0.25) is 5.91 Å². The Morgan fingerprint density at radius 2 is 1.61 bits per heavy atom. The maximum Gasteiger partial charge on any atom is 0.227 e. The minimum atomic E-state index is -1.40.